The fourth-order valence-electron chi connectivity index (χ4n) is 4.94. The molecule has 188 valence electrons. The molecule has 0 aliphatic carbocycles. The zero-order chi connectivity index (χ0) is 26.1. The average Bonchev–Trinajstić information content (AvgIpc) is 2.84. The minimum absolute atomic E-state index is 0.0666. The highest BCUT2D eigenvalue weighted by Crippen LogP contribution is 2.42. The van der Waals surface area contributed by atoms with Gasteiger partial charge < -0.3 is 0 Å². The van der Waals surface area contributed by atoms with E-state index in [1.54, 1.807) is 4.90 Å². The lowest BCUT2D eigenvalue weighted by Crippen LogP contribution is -2.66. The van der Waals surface area contributed by atoms with Crippen molar-refractivity contribution < 1.29 is 4.79 Å². The fourth-order valence-corrected chi connectivity index (χ4v) is 4.94. The first kappa shape index (κ1) is 25.7. The van der Waals surface area contributed by atoms with Crippen LogP contribution in [0, 0.1) is 0 Å². The van der Waals surface area contributed by atoms with E-state index in [1.165, 1.54) is 11.1 Å². The van der Waals surface area contributed by atoms with E-state index in [9.17, 15) is 4.79 Å². The van der Waals surface area contributed by atoms with Crippen LogP contribution in [0.3, 0.4) is 0 Å². The average molecular weight is 482 g/mol. The first-order valence-electron chi connectivity index (χ1n) is 13.2. The maximum absolute atomic E-state index is 13.9. The second kappa shape index (κ2) is 10.3. The lowest BCUT2D eigenvalue weighted by molar-refractivity contribution is 0.252. The third-order valence-corrected chi connectivity index (χ3v) is 6.92. The number of guanidine groups is 1. The SMILES string of the molecule is CC(C)c1cccc(C(C)C)c1/N=C1\N(c2ccccc2)C(=O)N1c1c(C(C)C)cccc1C(C)C. The highest BCUT2D eigenvalue weighted by molar-refractivity contribution is 6.43. The van der Waals surface area contributed by atoms with Crippen molar-refractivity contribution in [2.75, 3.05) is 9.80 Å². The second-order valence-corrected chi connectivity index (χ2v) is 10.9. The quantitative estimate of drug-likeness (QED) is 0.331. The summed E-state index contributed by atoms with van der Waals surface area (Å²) < 4.78 is 0. The van der Waals surface area contributed by atoms with Crippen LogP contribution < -0.4 is 9.80 Å². The molecule has 0 bridgehead atoms. The number of urea groups is 1. The van der Waals surface area contributed by atoms with Crippen molar-refractivity contribution >= 4 is 29.1 Å². The number of hydrogen-bond acceptors (Lipinski definition) is 2. The number of aliphatic imine (C=N–C) groups is 1. The molecule has 1 aliphatic rings. The molecule has 4 rings (SSSR count). The number of para-hydroxylation sites is 3. The number of nitrogens with zero attached hydrogens (tertiary/aromatic N) is 3. The van der Waals surface area contributed by atoms with Gasteiger partial charge >= 0.3 is 6.03 Å². The van der Waals surface area contributed by atoms with Crippen LogP contribution in [0.4, 0.5) is 21.9 Å². The molecule has 1 heterocycles. The van der Waals surface area contributed by atoms with Crippen molar-refractivity contribution in [3.05, 3.63) is 89.0 Å². The Morgan fingerprint density at radius 1 is 0.556 bits per heavy atom. The standard InChI is InChI=1S/C32H39N3O/c1-20(2)25-16-12-17-26(21(3)4)29(25)33-31-34(24-14-10-9-11-15-24)32(36)35(31)30-27(22(5)6)18-13-19-28(30)23(7)8/h9-23H,1-8H3/b33-31+. The van der Waals surface area contributed by atoms with Crippen molar-refractivity contribution in [1.82, 2.24) is 0 Å². The van der Waals surface area contributed by atoms with Crippen molar-refractivity contribution in [1.29, 1.82) is 0 Å². The van der Waals surface area contributed by atoms with Crippen LogP contribution in [0.15, 0.2) is 71.7 Å². The Hall–Kier alpha value is -3.40. The molecule has 0 aromatic heterocycles. The van der Waals surface area contributed by atoms with Gasteiger partial charge in [-0.05, 0) is 58.1 Å². The fraction of sp³-hybridized carbons (Fsp3) is 0.375. The van der Waals surface area contributed by atoms with Gasteiger partial charge in [-0.1, -0.05) is 110 Å². The van der Waals surface area contributed by atoms with Crippen molar-refractivity contribution in [2.45, 2.75) is 79.1 Å². The number of amides is 2. The number of carbonyl (C=O) groups excluding carboxylic acids is 1. The monoisotopic (exact) mass is 481 g/mol. The minimum Gasteiger partial charge on any atom is -0.247 e. The van der Waals surface area contributed by atoms with Gasteiger partial charge in [-0.2, -0.15) is 0 Å². The van der Waals surface area contributed by atoms with E-state index in [2.05, 4.69) is 91.8 Å². The minimum atomic E-state index is -0.0666. The van der Waals surface area contributed by atoms with E-state index in [-0.39, 0.29) is 17.9 Å². The lowest BCUT2D eigenvalue weighted by Gasteiger charge is -2.44. The van der Waals surface area contributed by atoms with Gasteiger partial charge in [0.25, 0.3) is 0 Å². The van der Waals surface area contributed by atoms with Crippen molar-refractivity contribution in [3.63, 3.8) is 0 Å². The molecule has 1 saturated heterocycles. The summed E-state index contributed by atoms with van der Waals surface area (Å²) in [5.74, 6) is 1.83. The van der Waals surface area contributed by atoms with E-state index in [0.29, 0.717) is 17.8 Å². The molecule has 1 fully saturated rings. The van der Waals surface area contributed by atoms with Crippen LogP contribution in [0.1, 0.15) is 101 Å². The van der Waals surface area contributed by atoms with Gasteiger partial charge in [0.1, 0.15) is 0 Å². The van der Waals surface area contributed by atoms with Crippen LogP contribution in [0.5, 0.6) is 0 Å². The molecule has 0 atom stereocenters. The largest absolute Gasteiger partial charge is 0.343 e. The Balaban J connectivity index is 2.01. The molecule has 0 radical (unpaired) electrons. The topological polar surface area (TPSA) is 35.9 Å². The summed E-state index contributed by atoms with van der Waals surface area (Å²) in [6.45, 7) is 17.5. The predicted molar refractivity (Wildman–Crippen MR) is 153 cm³/mol. The Bertz CT molecular complexity index is 1220. The summed E-state index contributed by atoms with van der Waals surface area (Å²) in [6.07, 6.45) is 0. The van der Waals surface area contributed by atoms with E-state index in [1.807, 2.05) is 35.2 Å². The molecular formula is C32H39N3O. The first-order chi connectivity index (χ1) is 17.1. The highest BCUT2D eigenvalue weighted by Gasteiger charge is 2.46. The van der Waals surface area contributed by atoms with Gasteiger partial charge in [0.2, 0.25) is 5.96 Å². The smallest absolute Gasteiger partial charge is 0.247 e. The molecule has 2 amide bonds. The number of rotatable bonds is 7. The van der Waals surface area contributed by atoms with Gasteiger partial charge in [0.15, 0.2) is 0 Å². The van der Waals surface area contributed by atoms with E-state index in [0.717, 1.165) is 28.2 Å². The number of anilines is 2. The van der Waals surface area contributed by atoms with Crippen LogP contribution in [0.2, 0.25) is 0 Å². The summed E-state index contributed by atoms with van der Waals surface area (Å²) >= 11 is 0. The van der Waals surface area contributed by atoms with Gasteiger partial charge in [0, 0.05) is 0 Å². The zero-order valence-corrected chi connectivity index (χ0v) is 22.9. The molecule has 1 aliphatic heterocycles. The molecule has 3 aromatic carbocycles. The Kier molecular flexibility index (Phi) is 7.35. The molecular weight excluding hydrogens is 442 g/mol. The molecule has 0 saturated carbocycles. The molecule has 0 N–H and O–H groups in total. The summed E-state index contributed by atoms with van der Waals surface area (Å²) in [4.78, 5) is 22.8. The molecule has 36 heavy (non-hydrogen) atoms. The number of hydrogen-bond donors (Lipinski definition) is 0. The summed E-state index contributed by atoms with van der Waals surface area (Å²) in [6, 6.07) is 22.6. The number of carbonyl (C=O) groups is 1. The van der Waals surface area contributed by atoms with E-state index < -0.39 is 0 Å². The number of benzene rings is 3. The van der Waals surface area contributed by atoms with E-state index in [4.69, 9.17) is 4.99 Å². The molecule has 4 nitrogen and oxygen atoms in total. The molecule has 0 unspecified atom stereocenters. The van der Waals surface area contributed by atoms with Gasteiger partial charge in [0.05, 0.1) is 17.1 Å². The van der Waals surface area contributed by atoms with Crippen molar-refractivity contribution in [3.8, 4) is 0 Å². The Morgan fingerprint density at radius 2 is 1.00 bits per heavy atom. The molecule has 0 spiro atoms. The lowest BCUT2D eigenvalue weighted by atomic mass is 9.91. The highest BCUT2D eigenvalue weighted by atomic mass is 16.2. The van der Waals surface area contributed by atoms with E-state index >= 15 is 0 Å². The van der Waals surface area contributed by atoms with Gasteiger partial charge in [-0.15, -0.1) is 0 Å². The first-order valence-corrected chi connectivity index (χ1v) is 13.2. The van der Waals surface area contributed by atoms with Crippen molar-refractivity contribution in [2.24, 2.45) is 4.99 Å². The van der Waals surface area contributed by atoms with Gasteiger partial charge in [-0.3, -0.25) is 0 Å². The maximum atomic E-state index is 13.9. The third-order valence-electron chi connectivity index (χ3n) is 6.92. The van der Waals surface area contributed by atoms with Crippen LogP contribution in [-0.2, 0) is 0 Å². The second-order valence-electron chi connectivity index (χ2n) is 10.9. The van der Waals surface area contributed by atoms with Gasteiger partial charge in [-0.25, -0.2) is 19.6 Å². The zero-order valence-electron chi connectivity index (χ0n) is 22.9. The summed E-state index contributed by atoms with van der Waals surface area (Å²) in [5, 5.41) is 0. The maximum Gasteiger partial charge on any atom is 0.343 e. The molecule has 3 aromatic rings. The Morgan fingerprint density at radius 3 is 1.44 bits per heavy atom. The van der Waals surface area contributed by atoms with Crippen LogP contribution in [0.25, 0.3) is 0 Å². The molecule has 4 heteroatoms. The normalized spacial score (nSPS) is 15.1. The Labute approximate surface area is 216 Å². The third kappa shape index (κ3) is 4.57. The predicted octanol–water partition coefficient (Wildman–Crippen LogP) is 9.31. The summed E-state index contributed by atoms with van der Waals surface area (Å²) in [5.41, 5.74) is 7.51. The van der Waals surface area contributed by atoms with Crippen LogP contribution >= 0.6 is 0 Å². The summed E-state index contributed by atoms with van der Waals surface area (Å²) in [7, 11) is 0. The van der Waals surface area contributed by atoms with Crippen LogP contribution in [-0.4, -0.2) is 12.0 Å².